The number of aromatic nitrogens is 4. The van der Waals surface area contributed by atoms with Gasteiger partial charge in [-0.2, -0.15) is 0 Å². The Morgan fingerprint density at radius 3 is 1.83 bits per heavy atom. The van der Waals surface area contributed by atoms with Crippen LogP contribution in [0.1, 0.15) is 0 Å². The molecule has 0 unspecified atom stereocenters. The average Bonchev–Trinajstić information content (AvgIpc) is 3.58. The van der Waals surface area contributed by atoms with Crippen LogP contribution in [0.3, 0.4) is 0 Å². The summed E-state index contributed by atoms with van der Waals surface area (Å²) in [6.45, 7) is 0. The highest BCUT2D eigenvalue weighted by Gasteiger charge is 2.23. The van der Waals surface area contributed by atoms with Crippen LogP contribution < -0.4 is 0 Å². The number of hydrogen-bond donors (Lipinski definition) is 0. The van der Waals surface area contributed by atoms with Crippen LogP contribution in [-0.2, 0) is 0 Å². The molecule has 9 aromatic rings. The molecule has 0 saturated heterocycles. The van der Waals surface area contributed by atoms with Gasteiger partial charge >= 0.3 is 0 Å². The Balaban J connectivity index is 1.51. The molecule has 0 spiro atoms. The van der Waals surface area contributed by atoms with E-state index in [1.807, 2.05) is 12.1 Å². The molecule has 9 rings (SSSR count). The van der Waals surface area contributed by atoms with Crippen LogP contribution in [-0.4, -0.2) is 18.9 Å². The van der Waals surface area contributed by atoms with E-state index in [1.54, 1.807) is 0 Å². The second-order valence-corrected chi connectivity index (χ2v) is 10.7. The van der Waals surface area contributed by atoms with Crippen LogP contribution in [0.5, 0.6) is 0 Å². The van der Waals surface area contributed by atoms with Gasteiger partial charge in [-0.05, 0) is 29.8 Å². The molecule has 0 N–H and O–H groups in total. The molecule has 0 saturated carbocycles. The Morgan fingerprint density at radius 2 is 1.05 bits per heavy atom. The smallest absolute Gasteiger partial charge is 0.235 e. The third-order valence-corrected chi connectivity index (χ3v) is 8.34. The van der Waals surface area contributed by atoms with Crippen LogP contribution in [0.25, 0.3) is 77.5 Å². The number of hydrogen-bond acceptors (Lipinski definition) is 2. The average molecular weight is 537 g/mol. The second-order valence-electron chi connectivity index (χ2n) is 10.7. The summed E-state index contributed by atoms with van der Waals surface area (Å²) < 4.78 is 4.60. The first kappa shape index (κ1) is 23.0. The van der Waals surface area contributed by atoms with Gasteiger partial charge in [0.1, 0.15) is 0 Å². The van der Waals surface area contributed by atoms with E-state index in [4.69, 9.17) is 9.97 Å². The van der Waals surface area contributed by atoms with Gasteiger partial charge in [0, 0.05) is 38.9 Å². The molecule has 4 nitrogen and oxygen atoms in total. The molecule has 4 heteroatoms. The predicted molar refractivity (Wildman–Crippen MR) is 173 cm³/mol. The fourth-order valence-electron chi connectivity index (χ4n) is 6.55. The molecule has 0 aliphatic heterocycles. The fraction of sp³-hybridized carbons (Fsp3) is 0. The summed E-state index contributed by atoms with van der Waals surface area (Å²) in [6, 6.07) is 48.9. The minimum Gasteiger partial charge on any atom is -0.314 e. The van der Waals surface area contributed by atoms with Crippen molar-refractivity contribution >= 4 is 49.1 Å². The van der Waals surface area contributed by atoms with Gasteiger partial charge in [0.15, 0.2) is 0 Å². The minimum atomic E-state index is 0.663. The van der Waals surface area contributed by atoms with Crippen molar-refractivity contribution < 1.29 is 0 Å². The van der Waals surface area contributed by atoms with E-state index in [2.05, 4.69) is 143 Å². The zero-order chi connectivity index (χ0) is 27.6. The molecule has 0 amide bonds. The highest BCUT2D eigenvalue weighted by Crippen LogP contribution is 2.42. The van der Waals surface area contributed by atoms with Crippen LogP contribution in [0, 0.1) is 0 Å². The maximum atomic E-state index is 5.32. The molecular formula is C38H24N4. The zero-order valence-electron chi connectivity index (χ0n) is 22.6. The maximum absolute atomic E-state index is 5.32. The Kier molecular flexibility index (Phi) is 4.87. The third kappa shape index (κ3) is 3.23. The van der Waals surface area contributed by atoms with Gasteiger partial charge in [-0.3, -0.25) is 4.57 Å². The molecule has 0 radical (unpaired) electrons. The molecular weight excluding hydrogens is 512 g/mol. The lowest BCUT2D eigenvalue weighted by Gasteiger charge is -2.13. The molecule has 4 aromatic heterocycles. The summed E-state index contributed by atoms with van der Waals surface area (Å²) in [5, 5.41) is 4.61. The van der Waals surface area contributed by atoms with Crippen molar-refractivity contribution in [2.75, 3.05) is 0 Å². The van der Waals surface area contributed by atoms with Crippen molar-refractivity contribution in [2.24, 2.45) is 0 Å². The number of fused-ring (bicyclic) bond motifs is 8. The Bertz CT molecular complexity index is 2450. The Labute approximate surface area is 241 Å². The topological polar surface area (TPSA) is 35.1 Å². The molecule has 196 valence electrons. The molecule has 5 aromatic carbocycles. The number of rotatable bonds is 3. The molecule has 0 bridgehead atoms. The number of benzene rings is 5. The quantitative estimate of drug-likeness (QED) is 0.225. The lowest BCUT2D eigenvalue weighted by molar-refractivity contribution is 1.01. The van der Waals surface area contributed by atoms with E-state index in [1.165, 1.54) is 32.8 Å². The summed E-state index contributed by atoms with van der Waals surface area (Å²) in [4.78, 5) is 10.5. The van der Waals surface area contributed by atoms with E-state index in [9.17, 15) is 0 Å². The van der Waals surface area contributed by atoms with Crippen molar-refractivity contribution in [3.63, 3.8) is 0 Å². The largest absolute Gasteiger partial charge is 0.314 e. The highest BCUT2D eigenvalue weighted by atomic mass is 15.2. The predicted octanol–water partition coefficient (Wildman–Crippen LogP) is 9.47. The second kappa shape index (κ2) is 8.88. The summed E-state index contributed by atoms with van der Waals surface area (Å²) in [5.74, 6) is 0.663. The lowest BCUT2D eigenvalue weighted by atomic mass is 10.0. The molecule has 0 fully saturated rings. The van der Waals surface area contributed by atoms with E-state index >= 15 is 0 Å². The highest BCUT2D eigenvalue weighted by molar-refractivity contribution is 6.20. The summed E-state index contributed by atoms with van der Waals surface area (Å²) in [6.07, 6.45) is 2.21. The number of nitrogens with zero attached hydrogens (tertiary/aromatic N) is 4. The number of pyridine rings is 1. The van der Waals surface area contributed by atoms with Gasteiger partial charge in [0.2, 0.25) is 5.95 Å². The van der Waals surface area contributed by atoms with Gasteiger partial charge in [-0.15, -0.1) is 0 Å². The lowest BCUT2D eigenvalue weighted by Crippen LogP contribution is -2.04. The number of para-hydroxylation sites is 3. The van der Waals surface area contributed by atoms with Crippen LogP contribution >= 0.6 is 0 Å². The van der Waals surface area contributed by atoms with E-state index in [-0.39, 0.29) is 0 Å². The van der Waals surface area contributed by atoms with Crippen molar-refractivity contribution in [3.05, 3.63) is 146 Å². The van der Waals surface area contributed by atoms with Crippen molar-refractivity contribution in [2.45, 2.75) is 0 Å². The first-order valence-corrected chi connectivity index (χ1v) is 14.2. The van der Waals surface area contributed by atoms with Crippen molar-refractivity contribution in [1.29, 1.82) is 0 Å². The van der Waals surface area contributed by atoms with Crippen molar-refractivity contribution in [1.82, 2.24) is 18.9 Å². The van der Waals surface area contributed by atoms with Gasteiger partial charge in [0.25, 0.3) is 0 Å². The Hall–Kier alpha value is -5.74. The van der Waals surface area contributed by atoms with Crippen LogP contribution in [0.4, 0.5) is 0 Å². The monoisotopic (exact) mass is 536 g/mol. The summed E-state index contributed by atoms with van der Waals surface area (Å²) >= 11 is 0. The van der Waals surface area contributed by atoms with E-state index in [0.717, 1.165) is 38.7 Å². The van der Waals surface area contributed by atoms with E-state index < -0.39 is 0 Å². The van der Waals surface area contributed by atoms with Gasteiger partial charge in [-0.1, -0.05) is 115 Å². The van der Waals surface area contributed by atoms with Gasteiger partial charge in [0.05, 0.1) is 33.3 Å². The van der Waals surface area contributed by atoms with E-state index in [0.29, 0.717) is 5.95 Å². The summed E-state index contributed by atoms with van der Waals surface area (Å²) in [5.41, 5.74) is 9.82. The van der Waals surface area contributed by atoms with Gasteiger partial charge in [-0.25, -0.2) is 9.97 Å². The molecule has 0 aliphatic rings. The normalized spacial score (nSPS) is 11.8. The zero-order valence-corrected chi connectivity index (χ0v) is 22.6. The van der Waals surface area contributed by atoms with Gasteiger partial charge < -0.3 is 4.40 Å². The molecule has 4 heterocycles. The van der Waals surface area contributed by atoms with Crippen LogP contribution in [0.15, 0.2) is 146 Å². The standard InChI is InChI=1S/C38H24N4/c1-3-13-25(14-4-1)34-30-19-9-11-21-32(30)41-24-23-28-27-17-8-12-22-33(27)42(36(28)37(34)41)38-39-31-20-10-7-18-29(31)35(40-38)26-15-5-2-6-16-26/h1-24H. The fourth-order valence-corrected chi connectivity index (χ4v) is 6.55. The summed E-state index contributed by atoms with van der Waals surface area (Å²) in [7, 11) is 0. The van der Waals surface area contributed by atoms with Crippen LogP contribution in [0.2, 0.25) is 0 Å². The Morgan fingerprint density at radius 1 is 0.429 bits per heavy atom. The first-order valence-electron chi connectivity index (χ1n) is 14.2. The molecule has 0 atom stereocenters. The third-order valence-electron chi connectivity index (χ3n) is 8.34. The first-order chi connectivity index (χ1) is 20.9. The minimum absolute atomic E-state index is 0.663. The molecule has 42 heavy (non-hydrogen) atoms. The molecule has 0 aliphatic carbocycles. The SMILES string of the molecule is c1ccc(-c2nc(-n3c4ccccc4c4ccn5c6ccccc6c(-c6ccccc6)c5c43)nc3ccccc23)cc1. The van der Waals surface area contributed by atoms with Crippen molar-refractivity contribution in [3.8, 4) is 28.3 Å². The maximum Gasteiger partial charge on any atom is 0.235 e.